The Balaban J connectivity index is 3.91. The topological polar surface area (TPSA) is 27.0 Å². The molecule has 0 aliphatic carbocycles. The Kier molecular flexibility index (Phi) is 6.36. The molecule has 0 aliphatic heterocycles. The maximum Gasteiger partial charge on any atom is 0.0635 e. The van der Waals surface area contributed by atoms with E-state index in [-0.39, 0.29) is 0 Å². The summed E-state index contributed by atoms with van der Waals surface area (Å²) < 4.78 is 0. The average molecular weight is 247 g/mol. The van der Waals surface area contributed by atoms with Crippen molar-refractivity contribution in [3.05, 3.63) is 0 Å². The molecule has 0 fully saturated rings. The molecule has 0 amide bonds. The van der Waals surface area contributed by atoms with Gasteiger partial charge in [-0.15, -0.1) is 0 Å². The summed E-state index contributed by atoms with van der Waals surface area (Å²) in [6.45, 7) is 9.58. The van der Waals surface area contributed by atoms with Crippen LogP contribution in [0.1, 0.15) is 27.2 Å². The molecule has 0 aromatic carbocycles. The molecule has 0 saturated carbocycles. The molecule has 0 spiro atoms. The van der Waals surface area contributed by atoms with Crippen LogP contribution in [-0.4, -0.2) is 29.9 Å². The zero-order chi connectivity index (χ0) is 10.3. The maximum absolute atomic E-state index is 8.48. The smallest absolute Gasteiger partial charge is 0.0635 e. The number of rotatable bonds is 6. The largest absolute Gasteiger partial charge is 0.302 e. The van der Waals surface area contributed by atoms with Crippen molar-refractivity contribution in [1.29, 1.82) is 5.26 Å². The summed E-state index contributed by atoms with van der Waals surface area (Å²) in [5.74, 6) is 0. The zero-order valence-electron chi connectivity index (χ0n) is 8.81. The first kappa shape index (κ1) is 12.9. The van der Waals surface area contributed by atoms with E-state index in [1.54, 1.807) is 0 Å². The van der Waals surface area contributed by atoms with Crippen LogP contribution in [0.3, 0.4) is 0 Å². The predicted octanol–water partition coefficient (Wildman–Crippen LogP) is 2.64. The first-order valence-corrected chi connectivity index (χ1v) is 5.83. The molecular formula is C10H19BrN2. The van der Waals surface area contributed by atoms with Gasteiger partial charge in [0.2, 0.25) is 0 Å². The number of nitrogens with zero attached hydrogens (tertiary/aromatic N) is 2. The van der Waals surface area contributed by atoms with Crippen molar-refractivity contribution in [3.8, 4) is 6.07 Å². The lowest BCUT2D eigenvalue weighted by Gasteiger charge is -2.29. The number of nitriles is 1. The van der Waals surface area contributed by atoms with Crippen LogP contribution in [0.2, 0.25) is 0 Å². The van der Waals surface area contributed by atoms with E-state index in [1.807, 2.05) is 0 Å². The van der Waals surface area contributed by atoms with Gasteiger partial charge in [0.1, 0.15) is 0 Å². The van der Waals surface area contributed by atoms with Crippen LogP contribution in [0.15, 0.2) is 0 Å². The van der Waals surface area contributed by atoms with Gasteiger partial charge >= 0.3 is 0 Å². The highest BCUT2D eigenvalue weighted by molar-refractivity contribution is 9.09. The van der Waals surface area contributed by atoms with Crippen LogP contribution >= 0.6 is 15.9 Å². The highest BCUT2D eigenvalue weighted by atomic mass is 79.9. The van der Waals surface area contributed by atoms with Gasteiger partial charge in [-0.05, 0) is 12.0 Å². The molecule has 0 heterocycles. The third-order valence-electron chi connectivity index (χ3n) is 2.00. The minimum absolute atomic E-state index is 0.297. The van der Waals surface area contributed by atoms with E-state index in [0.717, 1.165) is 25.0 Å². The Morgan fingerprint density at radius 1 is 1.46 bits per heavy atom. The van der Waals surface area contributed by atoms with Gasteiger partial charge < -0.3 is 4.90 Å². The van der Waals surface area contributed by atoms with Crippen molar-refractivity contribution < 1.29 is 0 Å². The Labute approximate surface area is 90.0 Å². The predicted molar refractivity (Wildman–Crippen MR) is 59.9 cm³/mol. The Hall–Kier alpha value is -0.0700. The second kappa shape index (κ2) is 6.39. The second-order valence-corrected chi connectivity index (χ2v) is 4.64. The van der Waals surface area contributed by atoms with Crippen LogP contribution in [0.4, 0.5) is 0 Å². The van der Waals surface area contributed by atoms with Crippen LogP contribution < -0.4 is 0 Å². The summed E-state index contributed by atoms with van der Waals surface area (Å²) in [6, 6.07) is 2.18. The molecule has 0 rings (SSSR count). The molecule has 13 heavy (non-hydrogen) atoms. The lowest BCUT2D eigenvalue weighted by Crippen LogP contribution is -2.35. The van der Waals surface area contributed by atoms with Crippen molar-refractivity contribution in [2.45, 2.75) is 27.2 Å². The fourth-order valence-corrected chi connectivity index (χ4v) is 1.38. The fourth-order valence-electron chi connectivity index (χ4n) is 1.20. The summed E-state index contributed by atoms with van der Waals surface area (Å²) in [5.41, 5.74) is 0.297. The van der Waals surface area contributed by atoms with Gasteiger partial charge in [-0.25, -0.2) is 0 Å². The van der Waals surface area contributed by atoms with E-state index in [2.05, 4.69) is 47.7 Å². The van der Waals surface area contributed by atoms with Crippen LogP contribution in [-0.2, 0) is 0 Å². The first-order chi connectivity index (χ1) is 6.05. The van der Waals surface area contributed by atoms with Gasteiger partial charge in [0, 0.05) is 24.8 Å². The average Bonchev–Trinajstić information content (AvgIpc) is 2.12. The molecule has 0 unspecified atom stereocenters. The molecule has 0 aromatic rings. The standard InChI is InChI=1S/C10H19BrN2/c1-4-13(7-5-6-12)9-10(2,3)8-11/h4-5,7-9H2,1-3H3. The van der Waals surface area contributed by atoms with E-state index in [4.69, 9.17) is 5.26 Å². The van der Waals surface area contributed by atoms with Gasteiger partial charge in [0.25, 0.3) is 0 Å². The van der Waals surface area contributed by atoms with E-state index in [0.29, 0.717) is 11.8 Å². The Bertz CT molecular complexity index is 172. The minimum atomic E-state index is 0.297. The molecule has 0 atom stereocenters. The molecule has 3 heteroatoms. The van der Waals surface area contributed by atoms with Crippen LogP contribution in [0, 0.1) is 16.7 Å². The highest BCUT2D eigenvalue weighted by Crippen LogP contribution is 2.19. The number of hydrogen-bond donors (Lipinski definition) is 0. The van der Waals surface area contributed by atoms with E-state index < -0.39 is 0 Å². The Morgan fingerprint density at radius 2 is 2.08 bits per heavy atom. The van der Waals surface area contributed by atoms with E-state index in [1.165, 1.54) is 0 Å². The third-order valence-corrected chi connectivity index (χ3v) is 3.52. The third kappa shape index (κ3) is 6.06. The number of halogens is 1. The zero-order valence-corrected chi connectivity index (χ0v) is 10.4. The van der Waals surface area contributed by atoms with E-state index >= 15 is 0 Å². The molecular weight excluding hydrogens is 228 g/mol. The highest BCUT2D eigenvalue weighted by Gasteiger charge is 2.19. The van der Waals surface area contributed by atoms with Gasteiger partial charge in [0.15, 0.2) is 0 Å². The molecule has 0 aliphatic rings. The fraction of sp³-hybridized carbons (Fsp3) is 0.900. The maximum atomic E-state index is 8.48. The summed E-state index contributed by atoms with van der Waals surface area (Å²) >= 11 is 3.51. The van der Waals surface area contributed by atoms with Crippen molar-refractivity contribution in [2.24, 2.45) is 5.41 Å². The lowest BCUT2D eigenvalue weighted by molar-refractivity contribution is 0.207. The molecule has 0 bridgehead atoms. The molecule has 0 N–H and O–H groups in total. The van der Waals surface area contributed by atoms with E-state index in [9.17, 15) is 0 Å². The first-order valence-electron chi connectivity index (χ1n) is 4.71. The second-order valence-electron chi connectivity index (χ2n) is 4.07. The number of hydrogen-bond acceptors (Lipinski definition) is 2. The lowest BCUT2D eigenvalue weighted by atomic mass is 9.96. The van der Waals surface area contributed by atoms with Crippen molar-refractivity contribution >= 4 is 15.9 Å². The van der Waals surface area contributed by atoms with Crippen LogP contribution in [0.5, 0.6) is 0 Å². The van der Waals surface area contributed by atoms with Gasteiger partial charge in [0.05, 0.1) is 6.07 Å². The van der Waals surface area contributed by atoms with Crippen LogP contribution in [0.25, 0.3) is 0 Å². The SMILES string of the molecule is CCN(CCC#N)CC(C)(C)CBr. The van der Waals surface area contributed by atoms with Gasteiger partial charge in [-0.2, -0.15) is 5.26 Å². The summed E-state index contributed by atoms with van der Waals surface area (Å²) in [7, 11) is 0. The summed E-state index contributed by atoms with van der Waals surface area (Å²) in [5, 5.41) is 9.48. The monoisotopic (exact) mass is 246 g/mol. The Morgan fingerprint density at radius 3 is 2.46 bits per heavy atom. The minimum Gasteiger partial charge on any atom is -0.302 e. The molecule has 0 saturated heterocycles. The molecule has 2 nitrogen and oxygen atoms in total. The molecule has 0 radical (unpaired) electrons. The van der Waals surface area contributed by atoms with Gasteiger partial charge in [-0.3, -0.25) is 0 Å². The quantitative estimate of drug-likeness (QED) is 0.674. The molecule has 76 valence electrons. The molecule has 0 aromatic heterocycles. The summed E-state index contributed by atoms with van der Waals surface area (Å²) in [6.07, 6.45) is 0.631. The van der Waals surface area contributed by atoms with Crippen molar-refractivity contribution in [3.63, 3.8) is 0 Å². The normalized spacial score (nSPS) is 11.7. The van der Waals surface area contributed by atoms with Gasteiger partial charge in [-0.1, -0.05) is 36.7 Å². The van der Waals surface area contributed by atoms with Crippen molar-refractivity contribution in [1.82, 2.24) is 4.90 Å². The summed E-state index contributed by atoms with van der Waals surface area (Å²) in [4.78, 5) is 2.32. The van der Waals surface area contributed by atoms with Crippen molar-refractivity contribution in [2.75, 3.05) is 25.0 Å². The number of alkyl halides is 1.